The van der Waals surface area contributed by atoms with Crippen LogP contribution in [0.3, 0.4) is 0 Å². The Labute approximate surface area is 217 Å². The van der Waals surface area contributed by atoms with E-state index in [1.807, 2.05) is 33.8 Å². The van der Waals surface area contributed by atoms with E-state index in [0.717, 1.165) is 5.56 Å². The minimum Gasteiger partial charge on any atom is -0.433 e. The molecule has 2 aliphatic rings. The molecule has 9 nitrogen and oxygen atoms in total. The lowest BCUT2D eigenvalue weighted by atomic mass is 9.85. The van der Waals surface area contributed by atoms with Gasteiger partial charge in [-0.25, -0.2) is 0 Å². The number of likely N-dealkylation sites (tertiary alicyclic amines) is 1. The lowest BCUT2D eigenvalue weighted by Gasteiger charge is -2.35. The summed E-state index contributed by atoms with van der Waals surface area (Å²) >= 11 is 6.44. The Morgan fingerprint density at radius 3 is 2.61 bits per heavy atom. The van der Waals surface area contributed by atoms with E-state index in [4.69, 9.17) is 21.1 Å². The van der Waals surface area contributed by atoms with E-state index in [1.54, 1.807) is 19.1 Å². The van der Waals surface area contributed by atoms with Gasteiger partial charge in [-0.15, -0.1) is 0 Å². The Morgan fingerprint density at radius 1 is 1.25 bits per heavy atom. The summed E-state index contributed by atoms with van der Waals surface area (Å²) in [5.41, 5.74) is 0.525. The largest absolute Gasteiger partial charge is 0.433 e. The average Bonchev–Trinajstić information content (AvgIpc) is 3.43. The van der Waals surface area contributed by atoms with Gasteiger partial charge >= 0.3 is 5.97 Å². The van der Waals surface area contributed by atoms with Crippen molar-refractivity contribution in [2.75, 3.05) is 13.2 Å². The van der Waals surface area contributed by atoms with Crippen molar-refractivity contribution in [1.29, 1.82) is 0 Å². The van der Waals surface area contributed by atoms with Crippen molar-refractivity contribution < 1.29 is 28.7 Å². The van der Waals surface area contributed by atoms with Crippen molar-refractivity contribution in [3.8, 4) is 0 Å². The fourth-order valence-electron chi connectivity index (χ4n) is 4.60. The Hall–Kier alpha value is -2.65. The van der Waals surface area contributed by atoms with Crippen LogP contribution in [0.5, 0.6) is 0 Å². The second kappa shape index (κ2) is 11.6. The zero-order valence-electron chi connectivity index (χ0n) is 21.6. The monoisotopic (exact) mass is 521 g/mol. The molecular weight excluding hydrogens is 486 g/mol. The number of nitrogens with zero attached hydrogens (tertiary/aromatic N) is 1. The third-order valence-electron chi connectivity index (χ3n) is 6.55. The lowest BCUT2D eigenvalue weighted by Crippen LogP contribution is -2.58. The van der Waals surface area contributed by atoms with Crippen LogP contribution < -0.4 is 10.6 Å². The zero-order chi connectivity index (χ0) is 26.6. The number of carbonyl (C=O) groups excluding carboxylic acids is 4. The molecule has 2 heterocycles. The number of ether oxygens (including phenoxy) is 2. The van der Waals surface area contributed by atoms with Crippen molar-refractivity contribution in [1.82, 2.24) is 15.5 Å². The van der Waals surface area contributed by atoms with Crippen LogP contribution in [0.4, 0.5) is 0 Å². The summed E-state index contributed by atoms with van der Waals surface area (Å²) < 4.78 is 10.6. The molecule has 0 unspecified atom stereocenters. The summed E-state index contributed by atoms with van der Waals surface area (Å²) in [6.45, 7) is 10.0. The van der Waals surface area contributed by atoms with Crippen LogP contribution in [0.2, 0.25) is 5.02 Å². The molecule has 3 rings (SSSR count). The molecule has 0 aliphatic carbocycles. The maximum Gasteiger partial charge on any atom is 0.310 e. The molecule has 1 aromatic carbocycles. The smallest absolute Gasteiger partial charge is 0.310 e. The highest BCUT2D eigenvalue weighted by Gasteiger charge is 2.44. The van der Waals surface area contributed by atoms with Gasteiger partial charge in [0.25, 0.3) is 5.91 Å². The van der Waals surface area contributed by atoms with Gasteiger partial charge in [0.05, 0.1) is 17.0 Å². The molecule has 2 fully saturated rings. The number of hydrogen-bond donors (Lipinski definition) is 2. The molecule has 2 saturated heterocycles. The first kappa shape index (κ1) is 27.9. The van der Waals surface area contributed by atoms with Gasteiger partial charge in [-0.3, -0.25) is 19.2 Å². The minimum absolute atomic E-state index is 0.00926. The van der Waals surface area contributed by atoms with Crippen molar-refractivity contribution in [3.05, 3.63) is 34.3 Å². The van der Waals surface area contributed by atoms with Crippen LogP contribution in [0.1, 0.15) is 69.8 Å². The third-order valence-corrected chi connectivity index (χ3v) is 7.00. The molecule has 0 saturated carbocycles. The fraction of sp³-hybridized carbons (Fsp3) is 0.615. The number of hydrogen-bond acceptors (Lipinski definition) is 6. The number of esters is 1. The quantitative estimate of drug-likeness (QED) is 0.508. The lowest BCUT2D eigenvalue weighted by molar-refractivity contribution is -0.164. The Kier molecular flexibility index (Phi) is 9.00. The first-order valence-electron chi connectivity index (χ1n) is 12.5. The summed E-state index contributed by atoms with van der Waals surface area (Å²) in [4.78, 5) is 53.3. The predicted molar refractivity (Wildman–Crippen MR) is 134 cm³/mol. The predicted octanol–water partition coefficient (Wildman–Crippen LogP) is 2.83. The van der Waals surface area contributed by atoms with Gasteiger partial charge in [-0.05, 0) is 43.2 Å². The number of rotatable bonds is 8. The molecule has 3 amide bonds. The highest BCUT2D eigenvalue weighted by atomic mass is 35.5. The maximum absolute atomic E-state index is 13.7. The Morgan fingerprint density at radius 2 is 1.97 bits per heavy atom. The van der Waals surface area contributed by atoms with E-state index in [0.29, 0.717) is 43.0 Å². The second-order valence-corrected chi connectivity index (χ2v) is 10.6. The number of cyclic esters (lactones) is 1. The SMILES string of the molecule is CCO[C@@H]1OC(=O)C[C@@H]1NC(=O)[C@@H]1CCCN1C(=O)[C@@H](NC(=O)c1cccc(CC)c1Cl)C(C)(C)C. The third kappa shape index (κ3) is 6.18. The Balaban J connectivity index is 1.76. The van der Waals surface area contributed by atoms with Crippen molar-refractivity contribution in [2.45, 2.75) is 84.7 Å². The number of aryl methyl sites for hydroxylation is 1. The van der Waals surface area contributed by atoms with Crippen LogP contribution in [0, 0.1) is 5.41 Å². The topological polar surface area (TPSA) is 114 Å². The van der Waals surface area contributed by atoms with Gasteiger partial charge in [0.1, 0.15) is 18.1 Å². The minimum atomic E-state index is -0.882. The van der Waals surface area contributed by atoms with Crippen molar-refractivity contribution in [3.63, 3.8) is 0 Å². The molecule has 198 valence electrons. The molecule has 2 aliphatic heterocycles. The standard InChI is InChI=1S/C26H36ClN3O6/c1-6-15-10-8-11-16(20(15)27)22(32)29-21(26(3,4)5)24(34)30-13-9-12-18(30)23(33)28-17-14-19(31)36-25(17)35-7-2/h8,10-11,17-18,21,25H,6-7,9,12-14H2,1-5H3,(H,28,33)(H,29,32)/t17-,18-,21+,25+/m0/s1. The molecule has 0 aromatic heterocycles. The number of nitrogens with one attached hydrogen (secondary N) is 2. The van der Waals surface area contributed by atoms with Gasteiger partial charge in [0.2, 0.25) is 18.1 Å². The van der Waals surface area contributed by atoms with Crippen LogP contribution in [0.25, 0.3) is 0 Å². The molecule has 0 spiro atoms. The summed E-state index contributed by atoms with van der Waals surface area (Å²) in [5.74, 6) is -1.59. The molecule has 10 heteroatoms. The first-order chi connectivity index (χ1) is 17.0. The molecular formula is C26H36ClN3O6. The van der Waals surface area contributed by atoms with Crippen LogP contribution in [0.15, 0.2) is 18.2 Å². The van der Waals surface area contributed by atoms with Crippen LogP contribution in [-0.2, 0) is 30.3 Å². The van der Waals surface area contributed by atoms with E-state index in [9.17, 15) is 19.2 Å². The average molecular weight is 522 g/mol. The van der Waals surface area contributed by atoms with Crippen LogP contribution >= 0.6 is 11.6 Å². The van der Waals surface area contributed by atoms with Crippen molar-refractivity contribution in [2.24, 2.45) is 5.41 Å². The summed E-state index contributed by atoms with van der Waals surface area (Å²) in [5, 5.41) is 6.07. The van der Waals surface area contributed by atoms with E-state index in [2.05, 4.69) is 10.6 Å². The second-order valence-electron chi connectivity index (χ2n) is 10.2. The van der Waals surface area contributed by atoms with E-state index in [-0.39, 0.29) is 18.2 Å². The number of benzene rings is 1. The number of carbonyl (C=O) groups is 4. The molecule has 36 heavy (non-hydrogen) atoms. The normalized spacial score (nSPS) is 22.8. The van der Waals surface area contributed by atoms with E-state index < -0.39 is 41.7 Å². The van der Waals surface area contributed by atoms with Gasteiger partial charge < -0.3 is 25.0 Å². The van der Waals surface area contributed by atoms with Crippen molar-refractivity contribution >= 4 is 35.3 Å². The first-order valence-corrected chi connectivity index (χ1v) is 12.9. The van der Waals surface area contributed by atoms with Gasteiger partial charge in [0, 0.05) is 13.2 Å². The summed E-state index contributed by atoms with van der Waals surface area (Å²) in [7, 11) is 0. The molecule has 1 aromatic rings. The van der Waals surface area contributed by atoms with Gasteiger partial charge in [-0.1, -0.05) is 51.4 Å². The van der Waals surface area contributed by atoms with Gasteiger partial charge in [0.15, 0.2) is 0 Å². The fourth-order valence-corrected chi connectivity index (χ4v) is 4.95. The molecule has 0 bridgehead atoms. The molecule has 4 atom stereocenters. The maximum atomic E-state index is 13.7. The summed E-state index contributed by atoms with van der Waals surface area (Å²) in [6.07, 6.45) is 0.965. The Bertz CT molecular complexity index is 1010. The molecule has 2 N–H and O–H groups in total. The molecule has 0 radical (unpaired) electrons. The van der Waals surface area contributed by atoms with E-state index in [1.165, 1.54) is 4.90 Å². The zero-order valence-corrected chi connectivity index (χ0v) is 22.3. The van der Waals surface area contributed by atoms with Gasteiger partial charge in [-0.2, -0.15) is 0 Å². The number of halogens is 1. The van der Waals surface area contributed by atoms with Crippen LogP contribution in [-0.4, -0.2) is 66.2 Å². The summed E-state index contributed by atoms with van der Waals surface area (Å²) in [6, 6.07) is 3.04. The number of amides is 3. The van der Waals surface area contributed by atoms with E-state index >= 15 is 0 Å². The highest BCUT2D eigenvalue weighted by Crippen LogP contribution is 2.28. The highest BCUT2D eigenvalue weighted by molar-refractivity contribution is 6.34.